The van der Waals surface area contributed by atoms with Crippen LogP contribution in [-0.2, 0) is 6.42 Å². The third-order valence-electron chi connectivity index (χ3n) is 4.10. The molecule has 1 nitrogen and oxygen atoms in total. The second kappa shape index (κ2) is 4.99. The fraction of sp³-hybridized carbons (Fsp3) is 0.294. The van der Waals surface area contributed by atoms with Gasteiger partial charge in [0.2, 0.25) is 0 Å². The first-order valence-electron chi connectivity index (χ1n) is 6.69. The molecule has 0 bridgehead atoms. The number of rotatable bonds is 2. The minimum Gasteiger partial charge on any atom is -0.388 e. The van der Waals surface area contributed by atoms with Crippen LogP contribution in [0.5, 0.6) is 0 Å². The van der Waals surface area contributed by atoms with Gasteiger partial charge in [-0.2, -0.15) is 0 Å². The zero-order valence-corrected chi connectivity index (χ0v) is 11.7. The summed E-state index contributed by atoms with van der Waals surface area (Å²) in [5.74, 6) is 0.190. The molecule has 0 aromatic heterocycles. The van der Waals surface area contributed by atoms with Gasteiger partial charge in [0, 0.05) is 10.9 Å². The molecule has 0 heterocycles. The van der Waals surface area contributed by atoms with Gasteiger partial charge in [0.25, 0.3) is 0 Å². The van der Waals surface area contributed by atoms with Crippen LogP contribution in [-0.4, -0.2) is 5.11 Å². The molecule has 0 spiro atoms. The second-order valence-corrected chi connectivity index (χ2v) is 5.70. The van der Waals surface area contributed by atoms with Gasteiger partial charge >= 0.3 is 0 Å². The first-order valence-corrected chi connectivity index (χ1v) is 7.06. The number of halogens is 1. The van der Waals surface area contributed by atoms with Crippen molar-refractivity contribution in [1.82, 2.24) is 0 Å². The van der Waals surface area contributed by atoms with Crippen LogP contribution in [0.4, 0.5) is 0 Å². The summed E-state index contributed by atoms with van der Waals surface area (Å²) in [5.41, 5.74) is 4.61. The van der Waals surface area contributed by atoms with E-state index in [1.165, 1.54) is 11.1 Å². The fourth-order valence-corrected chi connectivity index (χ4v) is 3.13. The van der Waals surface area contributed by atoms with E-state index in [1.807, 2.05) is 31.2 Å². The molecule has 1 aliphatic carbocycles. The summed E-state index contributed by atoms with van der Waals surface area (Å²) in [6.45, 7) is 1.98. The number of aliphatic hydroxyl groups is 1. The summed E-state index contributed by atoms with van der Waals surface area (Å²) in [6.07, 6.45) is 1.59. The van der Waals surface area contributed by atoms with Crippen molar-refractivity contribution in [2.24, 2.45) is 0 Å². The Balaban J connectivity index is 1.93. The van der Waals surface area contributed by atoms with Gasteiger partial charge in [0.15, 0.2) is 0 Å². The number of fused-ring (bicyclic) bond motifs is 1. The molecule has 1 N–H and O–H groups in total. The minimum absolute atomic E-state index is 0.190. The molecule has 0 saturated heterocycles. The van der Waals surface area contributed by atoms with Gasteiger partial charge in [-0.15, -0.1) is 0 Å². The summed E-state index contributed by atoms with van der Waals surface area (Å²) < 4.78 is 0. The molecule has 19 heavy (non-hydrogen) atoms. The third-order valence-corrected chi connectivity index (χ3v) is 4.50. The molecule has 1 aliphatic rings. The van der Waals surface area contributed by atoms with Crippen LogP contribution in [0.3, 0.4) is 0 Å². The number of aliphatic hydroxyl groups excluding tert-OH is 1. The number of aryl methyl sites for hydroxylation is 2. The highest BCUT2D eigenvalue weighted by Crippen LogP contribution is 2.41. The van der Waals surface area contributed by atoms with E-state index in [9.17, 15) is 5.11 Å². The van der Waals surface area contributed by atoms with Gasteiger partial charge in [-0.05, 0) is 48.1 Å². The Kier molecular flexibility index (Phi) is 3.34. The molecule has 0 aliphatic heterocycles. The van der Waals surface area contributed by atoms with Crippen molar-refractivity contribution in [2.45, 2.75) is 31.8 Å². The first kappa shape index (κ1) is 12.7. The normalized spacial score (nSPS) is 19.2. The van der Waals surface area contributed by atoms with E-state index in [0.29, 0.717) is 0 Å². The largest absolute Gasteiger partial charge is 0.388 e. The van der Waals surface area contributed by atoms with Crippen molar-refractivity contribution in [3.8, 4) is 0 Å². The van der Waals surface area contributed by atoms with Crippen molar-refractivity contribution < 1.29 is 5.11 Å². The number of hydrogen-bond donors (Lipinski definition) is 1. The van der Waals surface area contributed by atoms with Crippen LogP contribution in [0.2, 0.25) is 5.02 Å². The van der Waals surface area contributed by atoms with E-state index < -0.39 is 6.10 Å². The van der Waals surface area contributed by atoms with Crippen LogP contribution in [0.15, 0.2) is 42.5 Å². The van der Waals surface area contributed by atoms with Gasteiger partial charge in [0.05, 0.1) is 6.10 Å². The standard InChI is InChI=1S/C17H17ClO/c1-11-6-7-13(10-16(11)18)17(19)15-9-8-12-4-2-3-5-14(12)15/h2-7,10,15,17,19H,8-9H2,1H3. The minimum atomic E-state index is -0.471. The van der Waals surface area contributed by atoms with E-state index in [2.05, 4.69) is 18.2 Å². The lowest BCUT2D eigenvalue weighted by molar-refractivity contribution is 0.145. The Labute approximate surface area is 118 Å². The summed E-state index contributed by atoms with van der Waals surface area (Å²) in [5, 5.41) is 11.3. The Hall–Kier alpha value is -1.31. The molecule has 3 rings (SSSR count). The summed E-state index contributed by atoms with van der Waals surface area (Å²) in [7, 11) is 0. The van der Waals surface area contributed by atoms with Crippen LogP contribution in [0.25, 0.3) is 0 Å². The average molecular weight is 273 g/mol. The highest BCUT2D eigenvalue weighted by molar-refractivity contribution is 6.31. The highest BCUT2D eigenvalue weighted by Gasteiger charge is 2.29. The predicted molar refractivity (Wildman–Crippen MR) is 78.7 cm³/mol. The summed E-state index contributed by atoms with van der Waals surface area (Å²) in [6, 6.07) is 14.2. The zero-order valence-electron chi connectivity index (χ0n) is 10.9. The maximum atomic E-state index is 10.6. The van der Waals surface area contributed by atoms with Gasteiger partial charge in [0.1, 0.15) is 0 Å². The van der Waals surface area contributed by atoms with Gasteiger partial charge in [-0.3, -0.25) is 0 Å². The van der Waals surface area contributed by atoms with E-state index in [-0.39, 0.29) is 5.92 Å². The van der Waals surface area contributed by atoms with Crippen LogP contribution >= 0.6 is 11.6 Å². The Morgan fingerprint density at radius 2 is 2.00 bits per heavy atom. The van der Waals surface area contributed by atoms with Gasteiger partial charge in [-0.25, -0.2) is 0 Å². The molecule has 0 radical (unpaired) electrons. The highest BCUT2D eigenvalue weighted by atomic mass is 35.5. The maximum absolute atomic E-state index is 10.6. The lowest BCUT2D eigenvalue weighted by Crippen LogP contribution is -2.08. The Morgan fingerprint density at radius 1 is 1.21 bits per heavy atom. The van der Waals surface area contributed by atoms with E-state index >= 15 is 0 Å². The Morgan fingerprint density at radius 3 is 2.79 bits per heavy atom. The summed E-state index contributed by atoms with van der Waals surface area (Å²) >= 11 is 6.15. The molecule has 0 fully saturated rings. The molecular formula is C17H17ClO. The second-order valence-electron chi connectivity index (χ2n) is 5.30. The maximum Gasteiger partial charge on any atom is 0.0859 e. The molecule has 98 valence electrons. The van der Waals surface area contributed by atoms with Crippen molar-refractivity contribution in [1.29, 1.82) is 0 Å². The topological polar surface area (TPSA) is 20.2 Å². The quantitative estimate of drug-likeness (QED) is 0.858. The van der Waals surface area contributed by atoms with Crippen LogP contribution in [0.1, 0.15) is 40.7 Å². The monoisotopic (exact) mass is 272 g/mol. The van der Waals surface area contributed by atoms with Crippen molar-refractivity contribution in [3.05, 3.63) is 69.7 Å². The van der Waals surface area contributed by atoms with Crippen molar-refractivity contribution >= 4 is 11.6 Å². The molecule has 2 aromatic rings. The van der Waals surface area contributed by atoms with Gasteiger partial charge < -0.3 is 5.11 Å². The van der Waals surface area contributed by atoms with Crippen molar-refractivity contribution in [2.75, 3.05) is 0 Å². The molecule has 0 saturated carbocycles. The van der Waals surface area contributed by atoms with E-state index in [0.717, 1.165) is 29.0 Å². The fourth-order valence-electron chi connectivity index (χ4n) is 2.94. The SMILES string of the molecule is Cc1ccc(C(O)C2CCc3ccccc32)cc1Cl. The molecule has 2 heteroatoms. The predicted octanol–water partition coefficient (Wildman–Crippen LogP) is 4.41. The number of benzene rings is 2. The van der Waals surface area contributed by atoms with Crippen LogP contribution in [0, 0.1) is 6.92 Å². The lowest BCUT2D eigenvalue weighted by Gasteiger charge is -2.20. The molecule has 2 aromatic carbocycles. The smallest absolute Gasteiger partial charge is 0.0859 e. The van der Waals surface area contributed by atoms with Crippen LogP contribution < -0.4 is 0 Å². The molecule has 2 atom stereocenters. The first-order chi connectivity index (χ1) is 9.16. The Bertz CT molecular complexity index is 606. The molecular weight excluding hydrogens is 256 g/mol. The lowest BCUT2D eigenvalue weighted by atomic mass is 9.90. The molecule has 0 amide bonds. The number of hydrogen-bond acceptors (Lipinski definition) is 1. The summed E-state index contributed by atoms with van der Waals surface area (Å²) in [4.78, 5) is 0. The zero-order chi connectivity index (χ0) is 13.4. The van der Waals surface area contributed by atoms with E-state index in [1.54, 1.807) is 0 Å². The average Bonchev–Trinajstić information content (AvgIpc) is 2.85. The van der Waals surface area contributed by atoms with Crippen molar-refractivity contribution in [3.63, 3.8) is 0 Å². The molecule has 2 unspecified atom stereocenters. The van der Waals surface area contributed by atoms with E-state index in [4.69, 9.17) is 11.6 Å². The van der Waals surface area contributed by atoms with Gasteiger partial charge in [-0.1, -0.05) is 48.0 Å². The third kappa shape index (κ3) is 2.29.